The Kier molecular flexibility index (Phi) is 5.25. The van der Waals surface area contributed by atoms with E-state index in [-0.39, 0.29) is 18.2 Å². The summed E-state index contributed by atoms with van der Waals surface area (Å²) in [4.78, 5) is 27.0. The van der Waals surface area contributed by atoms with Crippen LogP contribution in [0.2, 0.25) is 0 Å². The van der Waals surface area contributed by atoms with Crippen LogP contribution in [0, 0.1) is 5.92 Å². The zero-order valence-corrected chi connectivity index (χ0v) is 16.1. The number of aromatic nitrogens is 2. The number of likely N-dealkylation sites (tertiary alicyclic amines) is 1. The van der Waals surface area contributed by atoms with Gasteiger partial charge in [-0.15, -0.1) is 11.3 Å². The predicted octanol–water partition coefficient (Wildman–Crippen LogP) is 3.93. The molecule has 3 heterocycles. The van der Waals surface area contributed by atoms with Crippen LogP contribution in [0.1, 0.15) is 29.6 Å². The molecule has 1 aliphatic rings. The zero-order valence-electron chi connectivity index (χ0n) is 15.3. The van der Waals surface area contributed by atoms with Crippen molar-refractivity contribution in [1.82, 2.24) is 14.7 Å². The molecule has 1 saturated heterocycles. The summed E-state index contributed by atoms with van der Waals surface area (Å²) >= 11 is 1.56. The molecule has 1 aliphatic heterocycles. The van der Waals surface area contributed by atoms with Crippen molar-refractivity contribution in [3.63, 3.8) is 0 Å². The summed E-state index contributed by atoms with van der Waals surface area (Å²) in [5, 5.41) is 15.7. The summed E-state index contributed by atoms with van der Waals surface area (Å²) in [6.45, 7) is 1.16. The fraction of sp³-hybridized carbons (Fsp3) is 0.286. The first kappa shape index (κ1) is 18.4. The summed E-state index contributed by atoms with van der Waals surface area (Å²) in [6.07, 6.45) is 3.42. The second-order valence-corrected chi connectivity index (χ2v) is 7.93. The Morgan fingerprint density at radius 2 is 1.86 bits per heavy atom. The molecule has 28 heavy (non-hydrogen) atoms. The second kappa shape index (κ2) is 7.98. The highest BCUT2D eigenvalue weighted by Gasteiger charge is 2.28. The Morgan fingerprint density at radius 3 is 2.50 bits per heavy atom. The van der Waals surface area contributed by atoms with Gasteiger partial charge in [0.15, 0.2) is 0 Å². The molecule has 2 aromatic heterocycles. The number of amides is 1. The maximum atomic E-state index is 13.3. The van der Waals surface area contributed by atoms with Gasteiger partial charge < -0.3 is 10.0 Å². The lowest BCUT2D eigenvalue weighted by Crippen LogP contribution is -2.39. The summed E-state index contributed by atoms with van der Waals surface area (Å²) < 4.78 is 1.75. The number of aliphatic carboxylic acids is 1. The largest absolute Gasteiger partial charge is 0.481 e. The van der Waals surface area contributed by atoms with E-state index < -0.39 is 5.97 Å². The van der Waals surface area contributed by atoms with E-state index >= 15 is 0 Å². The SMILES string of the molecule is O=C(O)CC1CCN(C(=O)c2cn(-c3ccccc3)nc2-c2cccs2)CC1. The Morgan fingerprint density at radius 1 is 1.11 bits per heavy atom. The first-order valence-electron chi connectivity index (χ1n) is 9.32. The monoisotopic (exact) mass is 395 g/mol. The van der Waals surface area contributed by atoms with Gasteiger partial charge in [0.25, 0.3) is 5.91 Å². The summed E-state index contributed by atoms with van der Waals surface area (Å²) in [5.74, 6) is -0.668. The quantitative estimate of drug-likeness (QED) is 0.710. The van der Waals surface area contributed by atoms with E-state index in [1.165, 1.54) is 0 Å². The second-order valence-electron chi connectivity index (χ2n) is 6.98. The number of rotatable bonds is 5. The van der Waals surface area contributed by atoms with E-state index in [9.17, 15) is 9.59 Å². The first-order valence-corrected chi connectivity index (χ1v) is 10.2. The Hall–Kier alpha value is -2.93. The fourth-order valence-electron chi connectivity index (χ4n) is 3.60. The van der Waals surface area contributed by atoms with Crippen LogP contribution in [0.25, 0.3) is 16.3 Å². The molecule has 1 aromatic carbocycles. The highest BCUT2D eigenvalue weighted by Crippen LogP contribution is 2.30. The zero-order chi connectivity index (χ0) is 19.5. The van der Waals surface area contributed by atoms with Crippen molar-refractivity contribution in [2.45, 2.75) is 19.3 Å². The van der Waals surface area contributed by atoms with Crippen molar-refractivity contribution in [2.75, 3.05) is 13.1 Å². The molecule has 1 amide bonds. The first-order chi connectivity index (χ1) is 13.6. The van der Waals surface area contributed by atoms with Gasteiger partial charge in [-0.1, -0.05) is 24.3 Å². The molecule has 0 atom stereocenters. The smallest absolute Gasteiger partial charge is 0.303 e. The van der Waals surface area contributed by atoms with Gasteiger partial charge in [0, 0.05) is 25.7 Å². The van der Waals surface area contributed by atoms with Crippen LogP contribution >= 0.6 is 11.3 Å². The van der Waals surface area contributed by atoms with Crippen LogP contribution in [0.5, 0.6) is 0 Å². The molecule has 6 nitrogen and oxygen atoms in total. The fourth-order valence-corrected chi connectivity index (χ4v) is 4.32. The number of hydrogen-bond acceptors (Lipinski definition) is 4. The summed E-state index contributed by atoms with van der Waals surface area (Å²) in [7, 11) is 0. The lowest BCUT2D eigenvalue weighted by atomic mass is 9.93. The molecule has 1 fully saturated rings. The van der Waals surface area contributed by atoms with Gasteiger partial charge in [0.1, 0.15) is 5.69 Å². The topological polar surface area (TPSA) is 75.4 Å². The lowest BCUT2D eigenvalue weighted by molar-refractivity contribution is -0.138. The molecule has 0 bridgehead atoms. The molecule has 7 heteroatoms. The van der Waals surface area contributed by atoms with Crippen molar-refractivity contribution in [3.8, 4) is 16.3 Å². The van der Waals surface area contributed by atoms with E-state index in [4.69, 9.17) is 10.2 Å². The van der Waals surface area contributed by atoms with E-state index in [0.29, 0.717) is 24.3 Å². The number of nitrogens with zero attached hydrogens (tertiary/aromatic N) is 3. The molecule has 3 aromatic rings. The van der Waals surface area contributed by atoms with Crippen LogP contribution in [0.15, 0.2) is 54.0 Å². The van der Waals surface area contributed by atoms with Crippen molar-refractivity contribution in [1.29, 1.82) is 0 Å². The number of hydrogen-bond donors (Lipinski definition) is 1. The number of carbonyl (C=O) groups is 2. The number of carbonyl (C=O) groups excluding carboxylic acids is 1. The number of thiophene rings is 1. The molecular weight excluding hydrogens is 374 g/mol. The van der Waals surface area contributed by atoms with E-state index in [2.05, 4.69) is 0 Å². The number of benzene rings is 1. The minimum Gasteiger partial charge on any atom is -0.481 e. The number of piperidine rings is 1. The average molecular weight is 395 g/mol. The molecule has 0 radical (unpaired) electrons. The average Bonchev–Trinajstić information content (AvgIpc) is 3.38. The minimum atomic E-state index is -0.770. The maximum Gasteiger partial charge on any atom is 0.303 e. The van der Waals surface area contributed by atoms with Crippen molar-refractivity contribution in [2.24, 2.45) is 5.92 Å². The number of carboxylic acid groups (broad SMARTS) is 1. The predicted molar refractivity (Wildman–Crippen MR) is 108 cm³/mol. The van der Waals surface area contributed by atoms with Crippen LogP contribution in [-0.2, 0) is 4.79 Å². The molecule has 0 saturated carbocycles. The normalized spacial score (nSPS) is 14.9. The molecule has 1 N–H and O–H groups in total. The van der Waals surface area contributed by atoms with E-state index in [1.54, 1.807) is 22.2 Å². The van der Waals surface area contributed by atoms with Gasteiger partial charge in [-0.3, -0.25) is 9.59 Å². The third-order valence-corrected chi connectivity index (χ3v) is 5.96. The summed E-state index contributed by atoms with van der Waals surface area (Å²) in [5.41, 5.74) is 2.18. The molecular formula is C21H21N3O3S. The highest BCUT2D eigenvalue weighted by molar-refractivity contribution is 7.13. The van der Waals surface area contributed by atoms with E-state index in [0.717, 1.165) is 23.4 Å². The van der Waals surface area contributed by atoms with Gasteiger partial charge in [-0.05, 0) is 42.3 Å². The van der Waals surface area contributed by atoms with Crippen LogP contribution in [0.4, 0.5) is 0 Å². The van der Waals surface area contributed by atoms with Crippen LogP contribution < -0.4 is 0 Å². The molecule has 144 valence electrons. The van der Waals surface area contributed by atoms with Crippen molar-refractivity contribution >= 4 is 23.2 Å². The van der Waals surface area contributed by atoms with E-state index in [1.807, 2.05) is 52.7 Å². The molecule has 0 spiro atoms. The Bertz CT molecular complexity index is 958. The third kappa shape index (κ3) is 3.84. The Labute approximate surface area is 167 Å². The third-order valence-electron chi connectivity index (χ3n) is 5.08. The molecule has 0 unspecified atom stereocenters. The van der Waals surface area contributed by atoms with Gasteiger partial charge in [-0.2, -0.15) is 5.10 Å². The molecule has 4 rings (SSSR count). The Balaban J connectivity index is 1.60. The minimum absolute atomic E-state index is 0.0423. The number of carboxylic acids is 1. The van der Waals surface area contributed by atoms with Gasteiger partial charge >= 0.3 is 5.97 Å². The number of para-hydroxylation sites is 1. The van der Waals surface area contributed by atoms with Gasteiger partial charge in [-0.25, -0.2) is 4.68 Å². The van der Waals surface area contributed by atoms with Gasteiger partial charge in [0.2, 0.25) is 0 Å². The van der Waals surface area contributed by atoms with Crippen LogP contribution in [0.3, 0.4) is 0 Å². The standard InChI is InChI=1S/C21H21N3O3S/c25-19(26)13-15-8-10-23(11-9-15)21(27)17-14-24(16-5-2-1-3-6-16)22-20(17)18-7-4-12-28-18/h1-7,12,14-15H,8-11,13H2,(H,25,26). The summed E-state index contributed by atoms with van der Waals surface area (Å²) in [6, 6.07) is 13.7. The van der Waals surface area contributed by atoms with Crippen molar-refractivity contribution < 1.29 is 14.7 Å². The molecule has 0 aliphatic carbocycles. The maximum absolute atomic E-state index is 13.3. The highest BCUT2D eigenvalue weighted by atomic mass is 32.1. The van der Waals surface area contributed by atoms with Crippen molar-refractivity contribution in [3.05, 3.63) is 59.6 Å². The van der Waals surface area contributed by atoms with Gasteiger partial charge in [0.05, 0.1) is 16.1 Å². The lowest BCUT2D eigenvalue weighted by Gasteiger charge is -2.31. The van der Waals surface area contributed by atoms with Crippen LogP contribution in [-0.4, -0.2) is 44.8 Å².